The Kier molecular flexibility index (Phi) is 4.64. The van der Waals surface area contributed by atoms with Crippen LogP contribution in [0, 0.1) is 12.8 Å². The van der Waals surface area contributed by atoms with Gasteiger partial charge in [-0.15, -0.1) is 0 Å². The van der Waals surface area contributed by atoms with Crippen molar-refractivity contribution in [3.05, 3.63) is 53.7 Å². The number of aryl methyl sites for hydroxylation is 1. The van der Waals surface area contributed by atoms with E-state index < -0.39 is 11.7 Å². The van der Waals surface area contributed by atoms with Gasteiger partial charge in [-0.05, 0) is 43.5 Å². The second-order valence-corrected chi connectivity index (χ2v) is 6.09. The van der Waals surface area contributed by atoms with Crippen molar-refractivity contribution >= 4 is 5.82 Å². The van der Waals surface area contributed by atoms with Crippen molar-refractivity contribution < 1.29 is 17.9 Å². The molecular weight excluding hydrogens is 317 g/mol. The van der Waals surface area contributed by atoms with Gasteiger partial charge in [0, 0.05) is 19.3 Å². The molecule has 1 saturated heterocycles. The first-order valence-corrected chi connectivity index (χ1v) is 7.90. The van der Waals surface area contributed by atoms with Crippen molar-refractivity contribution in [2.75, 3.05) is 24.6 Å². The maximum atomic E-state index is 13.0. The van der Waals surface area contributed by atoms with E-state index in [0.717, 1.165) is 31.4 Å². The number of anilines is 1. The largest absolute Gasteiger partial charge is 0.493 e. The molecule has 0 spiro atoms. The van der Waals surface area contributed by atoms with Crippen molar-refractivity contribution in [3.8, 4) is 5.75 Å². The summed E-state index contributed by atoms with van der Waals surface area (Å²) >= 11 is 0. The fraction of sp³-hybridized carbons (Fsp3) is 0.389. The normalized spacial score (nSPS) is 15.2. The molecule has 2 heterocycles. The molecule has 0 N–H and O–H groups in total. The van der Waals surface area contributed by atoms with Crippen LogP contribution in [0.3, 0.4) is 0 Å². The molecule has 0 aliphatic carbocycles. The minimum Gasteiger partial charge on any atom is -0.493 e. The SMILES string of the molecule is Cc1ccc(OCCC2CN(c3ccccn3)C2)c(C(F)(F)F)c1. The highest BCUT2D eigenvalue weighted by atomic mass is 19.4. The lowest BCUT2D eigenvalue weighted by atomic mass is 9.97. The van der Waals surface area contributed by atoms with E-state index in [2.05, 4.69) is 9.88 Å². The predicted octanol–water partition coefficient (Wildman–Crippen LogP) is 4.31. The highest BCUT2D eigenvalue weighted by Gasteiger charge is 2.34. The summed E-state index contributed by atoms with van der Waals surface area (Å²) in [6.07, 6.45) is -1.91. The van der Waals surface area contributed by atoms with Crippen LogP contribution in [0.2, 0.25) is 0 Å². The third-order valence-electron chi connectivity index (χ3n) is 4.15. The van der Waals surface area contributed by atoms with Gasteiger partial charge in [0.25, 0.3) is 0 Å². The van der Waals surface area contributed by atoms with Crippen LogP contribution in [0.5, 0.6) is 5.75 Å². The Hall–Kier alpha value is -2.24. The Bertz CT molecular complexity index is 682. The van der Waals surface area contributed by atoms with Gasteiger partial charge >= 0.3 is 6.18 Å². The molecule has 0 saturated carbocycles. The zero-order valence-corrected chi connectivity index (χ0v) is 13.4. The maximum Gasteiger partial charge on any atom is 0.419 e. The van der Waals surface area contributed by atoms with E-state index in [0.29, 0.717) is 11.5 Å². The summed E-state index contributed by atoms with van der Waals surface area (Å²) in [6, 6.07) is 9.93. The van der Waals surface area contributed by atoms with Gasteiger partial charge in [-0.3, -0.25) is 0 Å². The average Bonchev–Trinajstić information content (AvgIpc) is 2.50. The van der Waals surface area contributed by atoms with Crippen LogP contribution in [0.25, 0.3) is 0 Å². The first-order chi connectivity index (χ1) is 11.4. The fourth-order valence-corrected chi connectivity index (χ4v) is 2.81. The molecule has 0 radical (unpaired) electrons. The molecule has 128 valence electrons. The van der Waals surface area contributed by atoms with Crippen LogP contribution in [-0.4, -0.2) is 24.7 Å². The van der Waals surface area contributed by atoms with Crippen LogP contribution >= 0.6 is 0 Å². The topological polar surface area (TPSA) is 25.4 Å². The number of hydrogen-bond donors (Lipinski definition) is 0. The van der Waals surface area contributed by atoms with Crippen molar-refractivity contribution in [1.29, 1.82) is 0 Å². The Labute approximate surface area is 139 Å². The second kappa shape index (κ2) is 6.71. The van der Waals surface area contributed by atoms with Gasteiger partial charge < -0.3 is 9.64 Å². The number of halogens is 3. The predicted molar refractivity (Wildman–Crippen MR) is 86.2 cm³/mol. The standard InChI is InChI=1S/C18H19F3N2O/c1-13-5-6-16(15(10-13)18(19,20)21)24-9-7-14-11-23(12-14)17-4-2-3-8-22-17/h2-6,8,10,14H,7,9,11-12H2,1H3. The summed E-state index contributed by atoms with van der Waals surface area (Å²) in [4.78, 5) is 6.43. The molecule has 1 fully saturated rings. The lowest BCUT2D eigenvalue weighted by Crippen LogP contribution is -2.47. The summed E-state index contributed by atoms with van der Waals surface area (Å²) in [5.74, 6) is 1.27. The Balaban J connectivity index is 1.50. The zero-order valence-electron chi connectivity index (χ0n) is 13.4. The molecule has 24 heavy (non-hydrogen) atoms. The van der Waals surface area contributed by atoms with Crippen molar-refractivity contribution in [2.45, 2.75) is 19.5 Å². The highest BCUT2D eigenvalue weighted by Crippen LogP contribution is 2.37. The fourth-order valence-electron chi connectivity index (χ4n) is 2.81. The van der Waals surface area contributed by atoms with E-state index in [1.807, 2.05) is 18.2 Å². The first-order valence-electron chi connectivity index (χ1n) is 7.90. The van der Waals surface area contributed by atoms with Crippen molar-refractivity contribution in [2.24, 2.45) is 5.92 Å². The van der Waals surface area contributed by atoms with E-state index in [-0.39, 0.29) is 12.4 Å². The second-order valence-electron chi connectivity index (χ2n) is 6.09. The van der Waals surface area contributed by atoms with Crippen molar-refractivity contribution in [3.63, 3.8) is 0 Å². The third kappa shape index (κ3) is 3.80. The Morgan fingerprint density at radius 3 is 2.67 bits per heavy atom. The van der Waals surface area contributed by atoms with Gasteiger partial charge in [0.1, 0.15) is 11.6 Å². The molecular formula is C18H19F3N2O. The van der Waals surface area contributed by atoms with Gasteiger partial charge in [0.15, 0.2) is 0 Å². The summed E-state index contributed by atoms with van der Waals surface area (Å²) < 4.78 is 44.5. The van der Waals surface area contributed by atoms with Gasteiger partial charge in [-0.25, -0.2) is 4.98 Å². The van der Waals surface area contributed by atoms with Gasteiger partial charge in [0.05, 0.1) is 12.2 Å². The molecule has 3 rings (SSSR count). The molecule has 1 aromatic heterocycles. The molecule has 0 amide bonds. The van der Waals surface area contributed by atoms with Crippen molar-refractivity contribution in [1.82, 2.24) is 4.98 Å². The molecule has 0 atom stereocenters. The summed E-state index contributed by atoms with van der Waals surface area (Å²) in [6.45, 7) is 3.65. The van der Waals surface area contributed by atoms with E-state index in [4.69, 9.17) is 4.74 Å². The third-order valence-corrected chi connectivity index (χ3v) is 4.15. The van der Waals surface area contributed by atoms with E-state index in [1.165, 1.54) is 6.07 Å². The summed E-state index contributed by atoms with van der Waals surface area (Å²) in [7, 11) is 0. The van der Waals surface area contributed by atoms with Crippen LogP contribution in [0.4, 0.5) is 19.0 Å². The number of benzene rings is 1. The molecule has 1 aliphatic rings. The van der Waals surface area contributed by atoms with Gasteiger partial charge in [-0.1, -0.05) is 17.7 Å². The van der Waals surface area contributed by atoms with Crippen LogP contribution < -0.4 is 9.64 Å². The number of nitrogens with zero attached hydrogens (tertiary/aromatic N) is 2. The van der Waals surface area contributed by atoms with Crippen LogP contribution in [0.1, 0.15) is 17.5 Å². The molecule has 3 nitrogen and oxygen atoms in total. The number of alkyl halides is 3. The number of ether oxygens (including phenoxy) is 1. The maximum absolute atomic E-state index is 13.0. The van der Waals surface area contributed by atoms with Crippen LogP contribution in [0.15, 0.2) is 42.6 Å². The zero-order chi connectivity index (χ0) is 17.2. The van der Waals surface area contributed by atoms with Gasteiger partial charge in [0.2, 0.25) is 0 Å². The molecule has 2 aromatic rings. The lowest BCUT2D eigenvalue weighted by molar-refractivity contribution is -0.139. The lowest BCUT2D eigenvalue weighted by Gasteiger charge is -2.40. The summed E-state index contributed by atoms with van der Waals surface area (Å²) in [5.41, 5.74) is -0.133. The molecule has 1 aromatic carbocycles. The Morgan fingerprint density at radius 1 is 1.21 bits per heavy atom. The molecule has 0 bridgehead atoms. The number of aromatic nitrogens is 1. The van der Waals surface area contributed by atoms with Gasteiger partial charge in [-0.2, -0.15) is 13.2 Å². The molecule has 1 aliphatic heterocycles. The first kappa shape index (κ1) is 16.6. The monoisotopic (exact) mass is 336 g/mol. The number of rotatable bonds is 5. The average molecular weight is 336 g/mol. The number of pyridine rings is 1. The van der Waals surface area contributed by atoms with E-state index >= 15 is 0 Å². The smallest absolute Gasteiger partial charge is 0.419 e. The molecule has 6 heteroatoms. The van der Waals surface area contributed by atoms with Crippen LogP contribution in [-0.2, 0) is 6.18 Å². The highest BCUT2D eigenvalue weighted by molar-refractivity contribution is 5.41. The molecule has 0 unspecified atom stereocenters. The number of hydrogen-bond acceptors (Lipinski definition) is 3. The minimum absolute atomic E-state index is 0.0889. The van der Waals surface area contributed by atoms with E-state index in [1.54, 1.807) is 19.2 Å². The minimum atomic E-state index is -4.40. The Morgan fingerprint density at radius 2 is 2.00 bits per heavy atom. The summed E-state index contributed by atoms with van der Waals surface area (Å²) in [5, 5.41) is 0. The quantitative estimate of drug-likeness (QED) is 0.813. The van der Waals surface area contributed by atoms with E-state index in [9.17, 15) is 13.2 Å².